The second kappa shape index (κ2) is 13.1. The number of rotatable bonds is 9. The van der Waals surface area contributed by atoms with Crippen LogP contribution in [0.5, 0.6) is 0 Å². The van der Waals surface area contributed by atoms with Crippen LogP contribution in [-0.2, 0) is 11.2 Å². The number of hydrogen-bond donors (Lipinski definition) is 3. The molecule has 3 aromatic rings. The number of aryl methyl sites for hydroxylation is 1. The molecule has 1 spiro atoms. The number of carbonyl (C=O) groups is 1. The minimum atomic E-state index is -0.641. The van der Waals surface area contributed by atoms with Crippen molar-refractivity contribution >= 4 is 28.9 Å². The zero-order valence-corrected chi connectivity index (χ0v) is 27.2. The van der Waals surface area contributed by atoms with Gasteiger partial charge in [-0.3, -0.25) is 14.7 Å². The Morgan fingerprint density at radius 1 is 1.02 bits per heavy atom. The van der Waals surface area contributed by atoms with Crippen molar-refractivity contribution in [3.63, 3.8) is 0 Å². The number of nitrogens with one attached hydrogen (secondary N) is 2. The summed E-state index contributed by atoms with van der Waals surface area (Å²) in [6.07, 6.45) is 8.99. The summed E-state index contributed by atoms with van der Waals surface area (Å²) in [7, 11) is 2.22. The number of hydrogen-bond acceptors (Lipinski definition) is 10. The molecule has 46 heavy (non-hydrogen) atoms. The highest BCUT2D eigenvalue weighted by Gasteiger charge is 2.48. The summed E-state index contributed by atoms with van der Waals surface area (Å²) < 4.78 is 6.06. The highest BCUT2D eigenvalue weighted by atomic mass is 16.5. The molecule has 1 atom stereocenters. The first-order chi connectivity index (χ1) is 22.4. The zero-order chi connectivity index (χ0) is 31.7. The van der Waals surface area contributed by atoms with Crippen molar-refractivity contribution < 1.29 is 9.53 Å². The van der Waals surface area contributed by atoms with Crippen molar-refractivity contribution in [3.8, 4) is 11.4 Å². The van der Waals surface area contributed by atoms with Crippen LogP contribution in [-0.4, -0.2) is 101 Å². The number of anilines is 4. The van der Waals surface area contributed by atoms with Crippen LogP contribution in [0.4, 0.5) is 23.0 Å². The molecule has 4 N–H and O–H groups in total. The molecular weight excluding hydrogens is 578 g/mol. The molecule has 7 rings (SSSR count). The Kier molecular flexibility index (Phi) is 8.80. The van der Waals surface area contributed by atoms with E-state index in [9.17, 15) is 4.79 Å². The van der Waals surface area contributed by atoms with Crippen LogP contribution in [0.2, 0.25) is 0 Å². The molecular formula is C35H47N9O2. The summed E-state index contributed by atoms with van der Waals surface area (Å²) in [5.74, 6) is 0.285. The Hall–Kier alpha value is -3.80. The third-order valence-electron chi connectivity index (χ3n) is 10.3. The molecule has 1 aromatic carbocycles. The molecule has 1 unspecified atom stereocenters. The minimum Gasteiger partial charge on any atom is -0.375 e. The number of primary amides is 1. The van der Waals surface area contributed by atoms with E-state index in [1.54, 1.807) is 6.20 Å². The van der Waals surface area contributed by atoms with Crippen molar-refractivity contribution in [2.45, 2.75) is 69.6 Å². The van der Waals surface area contributed by atoms with E-state index >= 15 is 0 Å². The number of piperazine rings is 1. The van der Waals surface area contributed by atoms with Crippen molar-refractivity contribution in [2.75, 3.05) is 68.5 Å². The molecule has 244 valence electrons. The van der Waals surface area contributed by atoms with Crippen LogP contribution >= 0.6 is 0 Å². The molecule has 5 heterocycles. The van der Waals surface area contributed by atoms with Gasteiger partial charge in [0.15, 0.2) is 17.3 Å². The lowest BCUT2D eigenvalue weighted by molar-refractivity contribution is -0.00884. The van der Waals surface area contributed by atoms with Gasteiger partial charge in [-0.05, 0) is 87.9 Å². The van der Waals surface area contributed by atoms with Crippen LogP contribution in [0, 0.1) is 0 Å². The third-order valence-corrected chi connectivity index (χ3v) is 10.3. The normalized spacial score (nSPS) is 22.1. The maximum Gasteiger partial charge on any atom is 0.271 e. The van der Waals surface area contributed by atoms with Crippen molar-refractivity contribution in [1.29, 1.82) is 0 Å². The average molecular weight is 626 g/mol. The van der Waals surface area contributed by atoms with Gasteiger partial charge in [0, 0.05) is 75.5 Å². The number of nitrogens with zero attached hydrogens (tertiary/aromatic N) is 6. The van der Waals surface area contributed by atoms with Gasteiger partial charge in [-0.15, -0.1) is 0 Å². The summed E-state index contributed by atoms with van der Waals surface area (Å²) in [5.41, 5.74) is 10.5. The summed E-state index contributed by atoms with van der Waals surface area (Å²) in [6.45, 7) is 9.71. The number of ether oxygens (including phenoxy) is 1. The SMILES string of the molecule is CCc1cc(Nc2nc(NC3CCOC4(CC4)C3)c(-c3ccccn3)nc2C(N)=O)ccc1N1CCC(N2CCN(C)CC2)CC1. The van der Waals surface area contributed by atoms with Gasteiger partial charge in [-0.1, -0.05) is 13.0 Å². The monoisotopic (exact) mass is 625 g/mol. The van der Waals surface area contributed by atoms with Gasteiger partial charge in [0.1, 0.15) is 5.69 Å². The van der Waals surface area contributed by atoms with Gasteiger partial charge in [-0.2, -0.15) is 0 Å². The number of pyridine rings is 1. The van der Waals surface area contributed by atoms with Crippen molar-refractivity contribution in [3.05, 3.63) is 53.9 Å². The van der Waals surface area contributed by atoms with Gasteiger partial charge in [0.05, 0.1) is 11.3 Å². The molecule has 0 radical (unpaired) electrons. The summed E-state index contributed by atoms with van der Waals surface area (Å²) in [5, 5.41) is 7.05. The molecule has 3 aliphatic heterocycles. The van der Waals surface area contributed by atoms with E-state index in [-0.39, 0.29) is 17.3 Å². The smallest absolute Gasteiger partial charge is 0.271 e. The Labute approximate surface area is 271 Å². The van der Waals surface area contributed by atoms with E-state index in [1.165, 1.54) is 37.2 Å². The highest BCUT2D eigenvalue weighted by Crippen LogP contribution is 2.47. The Balaban J connectivity index is 1.12. The fourth-order valence-corrected chi connectivity index (χ4v) is 7.36. The summed E-state index contributed by atoms with van der Waals surface area (Å²) >= 11 is 0. The maximum atomic E-state index is 12.7. The molecule has 1 aliphatic carbocycles. The lowest BCUT2D eigenvalue weighted by atomic mass is 10.00. The number of aromatic nitrogens is 3. The second-order valence-electron chi connectivity index (χ2n) is 13.4. The number of piperidine rings is 1. The molecule has 4 fully saturated rings. The quantitative estimate of drug-likeness (QED) is 0.317. The van der Waals surface area contributed by atoms with Crippen LogP contribution in [0.1, 0.15) is 61.5 Å². The fourth-order valence-electron chi connectivity index (χ4n) is 7.36. The fraction of sp³-hybridized carbons (Fsp3) is 0.543. The van der Waals surface area contributed by atoms with Gasteiger partial charge in [-0.25, -0.2) is 9.97 Å². The number of benzene rings is 1. The Morgan fingerprint density at radius 3 is 2.52 bits per heavy atom. The standard InChI is InChI=1S/C35H47N9O2/c1-3-24-22-25(7-8-29(24)44-15-9-27(10-16-44)43-19-17-42(2)18-20-43)38-34-31(32(36)45)40-30(28-6-4-5-14-37-28)33(41-34)39-26-11-21-46-35(23-26)12-13-35/h4-8,14,22,26-27H,3,9-13,15-21,23H2,1-2H3,(H2,36,45)(H2,38,39,41). The van der Waals surface area contributed by atoms with Crippen LogP contribution in [0.25, 0.3) is 11.4 Å². The van der Waals surface area contributed by atoms with E-state index in [2.05, 4.69) is 62.5 Å². The number of carbonyl (C=O) groups excluding carboxylic acids is 1. The topological polar surface area (TPSA) is 125 Å². The van der Waals surface area contributed by atoms with Crippen LogP contribution < -0.4 is 21.3 Å². The number of likely N-dealkylation sites (N-methyl/N-ethyl adjacent to an activating group) is 1. The minimum absolute atomic E-state index is 0.000884. The lowest BCUT2D eigenvalue weighted by Crippen LogP contribution is -2.52. The summed E-state index contributed by atoms with van der Waals surface area (Å²) in [4.78, 5) is 34.6. The summed E-state index contributed by atoms with van der Waals surface area (Å²) in [6, 6.07) is 12.9. The molecule has 11 heteroatoms. The Morgan fingerprint density at radius 2 is 1.83 bits per heavy atom. The first kappa shape index (κ1) is 30.8. The van der Waals surface area contributed by atoms with E-state index in [1.807, 2.05) is 18.2 Å². The second-order valence-corrected chi connectivity index (χ2v) is 13.4. The van der Waals surface area contributed by atoms with Gasteiger partial charge in [0.2, 0.25) is 0 Å². The lowest BCUT2D eigenvalue weighted by Gasteiger charge is -2.43. The molecule has 1 saturated carbocycles. The predicted molar refractivity (Wildman–Crippen MR) is 182 cm³/mol. The molecule has 3 saturated heterocycles. The van der Waals surface area contributed by atoms with Gasteiger partial charge < -0.3 is 30.9 Å². The molecule has 1 amide bonds. The third kappa shape index (κ3) is 6.67. The zero-order valence-electron chi connectivity index (χ0n) is 27.2. The molecule has 0 bridgehead atoms. The van der Waals surface area contributed by atoms with Crippen molar-refractivity contribution in [1.82, 2.24) is 24.8 Å². The van der Waals surface area contributed by atoms with Gasteiger partial charge >= 0.3 is 0 Å². The maximum absolute atomic E-state index is 12.7. The van der Waals surface area contributed by atoms with Crippen molar-refractivity contribution in [2.24, 2.45) is 5.73 Å². The predicted octanol–water partition coefficient (Wildman–Crippen LogP) is 4.28. The van der Waals surface area contributed by atoms with Crippen LogP contribution in [0.3, 0.4) is 0 Å². The molecule has 2 aromatic heterocycles. The average Bonchev–Trinajstić information content (AvgIpc) is 3.83. The highest BCUT2D eigenvalue weighted by molar-refractivity contribution is 5.97. The van der Waals surface area contributed by atoms with Gasteiger partial charge in [0.25, 0.3) is 5.91 Å². The molecule has 11 nitrogen and oxygen atoms in total. The van der Waals surface area contributed by atoms with E-state index < -0.39 is 5.91 Å². The number of nitrogens with two attached hydrogens (primary N) is 1. The Bertz CT molecular complexity index is 1530. The van der Waals surface area contributed by atoms with E-state index in [0.717, 1.165) is 64.0 Å². The largest absolute Gasteiger partial charge is 0.375 e. The number of amides is 1. The van der Waals surface area contributed by atoms with E-state index in [0.29, 0.717) is 35.7 Å². The first-order valence-electron chi connectivity index (χ1n) is 17.0. The van der Waals surface area contributed by atoms with E-state index in [4.69, 9.17) is 20.4 Å². The molecule has 4 aliphatic rings. The first-order valence-corrected chi connectivity index (χ1v) is 17.0. The van der Waals surface area contributed by atoms with Crippen LogP contribution in [0.15, 0.2) is 42.6 Å².